The van der Waals surface area contributed by atoms with E-state index in [0.717, 1.165) is 6.42 Å². The van der Waals surface area contributed by atoms with Crippen molar-refractivity contribution in [3.63, 3.8) is 0 Å². The number of rotatable bonds is 2. The van der Waals surface area contributed by atoms with Crippen LogP contribution in [0.15, 0.2) is 24.4 Å². The second kappa shape index (κ2) is 3.83. The van der Waals surface area contributed by atoms with Gasteiger partial charge in [-0.3, -0.25) is 9.78 Å². The van der Waals surface area contributed by atoms with Crippen molar-refractivity contribution in [3.8, 4) is 0 Å². The number of carbonyl (C=O) groups excluding carboxylic acids is 1. The van der Waals surface area contributed by atoms with Gasteiger partial charge in [0.25, 0.3) is 5.91 Å². The highest BCUT2D eigenvalue weighted by atomic mass is 16.2. The van der Waals surface area contributed by atoms with Crippen LogP contribution in [0.5, 0.6) is 0 Å². The normalized spacial score (nSPS) is 30.9. The molecule has 2 unspecified atom stereocenters. The first kappa shape index (κ1) is 10.8. The molecule has 0 aromatic carbocycles. The maximum absolute atomic E-state index is 12.5. The summed E-state index contributed by atoms with van der Waals surface area (Å²) < 4.78 is 0. The van der Waals surface area contributed by atoms with E-state index < -0.39 is 0 Å². The van der Waals surface area contributed by atoms with Crippen molar-refractivity contribution in [2.45, 2.75) is 50.6 Å². The van der Waals surface area contributed by atoms with Gasteiger partial charge in [-0.2, -0.15) is 0 Å². The quantitative estimate of drug-likeness (QED) is 0.782. The van der Waals surface area contributed by atoms with E-state index >= 15 is 0 Å². The zero-order valence-electron chi connectivity index (χ0n) is 10.2. The van der Waals surface area contributed by atoms with Crippen molar-refractivity contribution in [2.24, 2.45) is 0 Å². The molecule has 1 aromatic heterocycles. The van der Waals surface area contributed by atoms with Gasteiger partial charge in [0.2, 0.25) is 0 Å². The lowest BCUT2D eigenvalue weighted by atomic mass is 9.66. The number of amides is 1. The second-order valence-corrected chi connectivity index (χ2v) is 5.22. The van der Waals surface area contributed by atoms with Crippen LogP contribution in [-0.2, 0) is 0 Å². The molecular weight excluding hydrogens is 212 g/mol. The zero-order valence-corrected chi connectivity index (χ0v) is 10.2. The topological polar surface area (TPSA) is 33.2 Å². The highest BCUT2D eigenvalue weighted by molar-refractivity contribution is 5.93. The highest BCUT2D eigenvalue weighted by Crippen LogP contribution is 2.49. The van der Waals surface area contributed by atoms with Crippen LogP contribution in [0.3, 0.4) is 0 Å². The Labute approximate surface area is 102 Å². The maximum Gasteiger partial charge on any atom is 0.273 e. The molecule has 3 heteroatoms. The summed E-state index contributed by atoms with van der Waals surface area (Å²) in [6.45, 7) is 2.19. The molecule has 3 rings (SSSR count). The maximum atomic E-state index is 12.5. The number of fused-ring (bicyclic) bond motifs is 2. The Morgan fingerprint density at radius 2 is 2.47 bits per heavy atom. The van der Waals surface area contributed by atoms with Gasteiger partial charge in [-0.05, 0) is 44.2 Å². The fraction of sp³-hybridized carbons (Fsp3) is 0.571. The van der Waals surface area contributed by atoms with Crippen LogP contribution in [-0.4, -0.2) is 27.4 Å². The summed E-state index contributed by atoms with van der Waals surface area (Å²) in [5.74, 6) is 0.128. The molecule has 1 aliphatic heterocycles. The molecule has 1 saturated heterocycles. The van der Waals surface area contributed by atoms with Crippen LogP contribution in [0.25, 0.3) is 0 Å². The second-order valence-electron chi connectivity index (χ2n) is 5.22. The molecule has 1 amide bonds. The van der Waals surface area contributed by atoms with Crippen molar-refractivity contribution >= 4 is 5.91 Å². The number of aromatic nitrogens is 1. The molecule has 3 nitrogen and oxygen atoms in total. The first-order valence-electron chi connectivity index (χ1n) is 6.51. The van der Waals surface area contributed by atoms with E-state index in [1.165, 1.54) is 25.7 Å². The molecule has 17 heavy (non-hydrogen) atoms. The number of piperidine rings is 1. The molecule has 0 N–H and O–H groups in total. The van der Waals surface area contributed by atoms with Gasteiger partial charge in [0.15, 0.2) is 0 Å². The van der Waals surface area contributed by atoms with E-state index in [9.17, 15) is 4.79 Å². The number of nitrogens with zero attached hydrogens (tertiary/aromatic N) is 2. The van der Waals surface area contributed by atoms with E-state index in [2.05, 4.69) is 16.8 Å². The summed E-state index contributed by atoms with van der Waals surface area (Å²) in [6, 6.07) is 6.02. The van der Waals surface area contributed by atoms with Gasteiger partial charge in [-0.15, -0.1) is 0 Å². The Morgan fingerprint density at radius 1 is 1.59 bits per heavy atom. The summed E-state index contributed by atoms with van der Waals surface area (Å²) in [4.78, 5) is 18.8. The molecule has 0 spiro atoms. The SMILES string of the molecule is CCC12CCCC(C1)N2C(=O)c1ccccn1. The number of likely N-dealkylation sites (tertiary alicyclic amines) is 1. The molecule has 1 aromatic rings. The monoisotopic (exact) mass is 230 g/mol. The Kier molecular flexibility index (Phi) is 2.42. The van der Waals surface area contributed by atoms with Crippen LogP contribution in [0.2, 0.25) is 0 Å². The van der Waals surface area contributed by atoms with Crippen molar-refractivity contribution < 1.29 is 4.79 Å². The summed E-state index contributed by atoms with van der Waals surface area (Å²) in [5.41, 5.74) is 0.745. The van der Waals surface area contributed by atoms with E-state index in [-0.39, 0.29) is 11.4 Å². The van der Waals surface area contributed by atoms with E-state index in [0.29, 0.717) is 11.7 Å². The third kappa shape index (κ3) is 1.48. The van der Waals surface area contributed by atoms with Crippen LogP contribution < -0.4 is 0 Å². The third-order valence-electron chi connectivity index (χ3n) is 4.43. The fourth-order valence-electron chi connectivity index (χ4n) is 3.51. The molecule has 2 aliphatic rings. The molecule has 0 radical (unpaired) electrons. The van der Waals surface area contributed by atoms with Crippen molar-refractivity contribution in [1.82, 2.24) is 9.88 Å². The van der Waals surface area contributed by atoms with Crippen molar-refractivity contribution in [2.75, 3.05) is 0 Å². The molecular formula is C14H18N2O. The number of pyridine rings is 1. The predicted octanol–water partition coefficient (Wildman–Crippen LogP) is 2.63. The van der Waals surface area contributed by atoms with E-state index in [1.807, 2.05) is 18.2 Å². The predicted molar refractivity (Wildman–Crippen MR) is 65.7 cm³/mol. The smallest absolute Gasteiger partial charge is 0.273 e. The van der Waals surface area contributed by atoms with Crippen molar-refractivity contribution in [3.05, 3.63) is 30.1 Å². The Morgan fingerprint density at radius 3 is 3.12 bits per heavy atom. The lowest BCUT2D eigenvalue weighted by molar-refractivity contribution is -0.0847. The van der Waals surface area contributed by atoms with Gasteiger partial charge in [0, 0.05) is 17.8 Å². The van der Waals surface area contributed by atoms with Gasteiger partial charge in [0.05, 0.1) is 0 Å². The van der Waals surface area contributed by atoms with Crippen molar-refractivity contribution in [1.29, 1.82) is 0 Å². The van der Waals surface area contributed by atoms with Gasteiger partial charge >= 0.3 is 0 Å². The molecule has 2 atom stereocenters. The summed E-state index contributed by atoms with van der Waals surface area (Å²) in [5, 5.41) is 0. The Balaban J connectivity index is 1.88. The minimum absolute atomic E-state index is 0.128. The average Bonchev–Trinajstić information content (AvgIpc) is 2.40. The highest BCUT2D eigenvalue weighted by Gasteiger charge is 2.55. The van der Waals surface area contributed by atoms with Crippen LogP contribution >= 0.6 is 0 Å². The van der Waals surface area contributed by atoms with E-state index in [1.54, 1.807) is 6.20 Å². The number of carbonyl (C=O) groups is 1. The Bertz CT molecular complexity index is 427. The zero-order chi connectivity index (χ0) is 11.9. The summed E-state index contributed by atoms with van der Waals surface area (Å²) in [6.07, 6.45) is 7.56. The van der Waals surface area contributed by atoms with Gasteiger partial charge in [-0.25, -0.2) is 0 Å². The van der Waals surface area contributed by atoms with Gasteiger partial charge < -0.3 is 4.90 Å². The fourth-order valence-corrected chi connectivity index (χ4v) is 3.51. The lowest BCUT2D eigenvalue weighted by Crippen LogP contribution is -2.70. The van der Waals surface area contributed by atoms with Crippen LogP contribution in [0.4, 0.5) is 0 Å². The average molecular weight is 230 g/mol. The standard InChI is InChI=1S/C14H18N2O/c1-2-14-8-5-6-11(10-14)16(14)13(17)12-7-3-4-9-15-12/h3-4,7,9,11H,2,5-6,8,10H2,1H3. The number of hydrogen-bond donors (Lipinski definition) is 0. The van der Waals surface area contributed by atoms with Crippen LogP contribution in [0.1, 0.15) is 49.5 Å². The number of hydrogen-bond acceptors (Lipinski definition) is 2. The van der Waals surface area contributed by atoms with E-state index in [4.69, 9.17) is 0 Å². The van der Waals surface area contributed by atoms with Gasteiger partial charge in [-0.1, -0.05) is 13.0 Å². The molecule has 1 saturated carbocycles. The summed E-state index contributed by atoms with van der Waals surface area (Å²) >= 11 is 0. The minimum Gasteiger partial charge on any atom is -0.328 e. The molecule has 2 bridgehead atoms. The summed E-state index contributed by atoms with van der Waals surface area (Å²) in [7, 11) is 0. The van der Waals surface area contributed by atoms with Crippen LogP contribution in [0, 0.1) is 0 Å². The van der Waals surface area contributed by atoms with Gasteiger partial charge in [0.1, 0.15) is 5.69 Å². The minimum atomic E-state index is 0.128. The molecule has 2 heterocycles. The third-order valence-corrected chi connectivity index (χ3v) is 4.43. The molecule has 1 aliphatic carbocycles. The molecule has 2 fully saturated rings. The largest absolute Gasteiger partial charge is 0.328 e. The Hall–Kier alpha value is -1.38. The first-order chi connectivity index (χ1) is 8.27. The first-order valence-corrected chi connectivity index (χ1v) is 6.51. The lowest BCUT2D eigenvalue weighted by Gasteiger charge is -2.62. The molecule has 90 valence electrons.